The van der Waals surface area contributed by atoms with Crippen molar-refractivity contribution in [3.8, 4) is 23.1 Å². The Hall–Kier alpha value is -2.98. The molecule has 0 atom stereocenters. The van der Waals surface area contributed by atoms with Crippen molar-refractivity contribution in [1.29, 1.82) is 5.26 Å². The number of benzene rings is 2. The molecular weight excluding hydrogens is 386 g/mol. The molecule has 7 heteroatoms. The van der Waals surface area contributed by atoms with Crippen molar-refractivity contribution in [3.63, 3.8) is 0 Å². The summed E-state index contributed by atoms with van der Waals surface area (Å²) >= 11 is 0. The highest BCUT2D eigenvalue weighted by molar-refractivity contribution is 7.93. The summed E-state index contributed by atoms with van der Waals surface area (Å²) in [4.78, 5) is 0. The average molecular weight is 410 g/mol. The summed E-state index contributed by atoms with van der Waals surface area (Å²) in [6, 6.07) is 15.4. The maximum atomic E-state index is 12.3. The summed E-state index contributed by atoms with van der Waals surface area (Å²) in [5, 5.41) is 10.4. The molecule has 150 valence electrons. The van der Waals surface area contributed by atoms with E-state index in [4.69, 9.17) is 4.74 Å². The fourth-order valence-corrected chi connectivity index (χ4v) is 5.04. The molecule has 0 amide bonds. The van der Waals surface area contributed by atoms with Crippen LogP contribution < -0.4 is 9.46 Å². The smallest absolute Gasteiger partial charge is 0.235 e. The number of aromatic nitrogens is 1. The van der Waals surface area contributed by atoms with E-state index in [0.29, 0.717) is 37.2 Å². The minimum atomic E-state index is -3.34. The third-order valence-electron chi connectivity index (χ3n) is 5.15. The standard InChI is InChI=1S/C22H23N3O3S/c1-3-25-21-13-16(24-29(26,27)18-10-11-18)7-12-19(21)20(14-23)22(25)15-5-8-17(9-6-15)28-4-2/h5-9,12-13,18,24H,3-4,10-11H2,1-2H3. The van der Waals surface area contributed by atoms with Crippen LogP contribution in [0.4, 0.5) is 5.69 Å². The number of nitrogens with one attached hydrogen (secondary N) is 1. The van der Waals surface area contributed by atoms with Gasteiger partial charge in [-0.2, -0.15) is 5.26 Å². The van der Waals surface area contributed by atoms with Crippen LogP contribution in [0.15, 0.2) is 42.5 Å². The SMILES string of the molecule is CCOc1ccc(-c2c(C#N)c3ccc(NS(=O)(=O)C4CC4)cc3n2CC)cc1. The Labute approximate surface area is 170 Å². The minimum Gasteiger partial charge on any atom is -0.494 e. The van der Waals surface area contributed by atoms with E-state index in [9.17, 15) is 13.7 Å². The van der Waals surface area contributed by atoms with Crippen molar-refractivity contribution in [3.05, 3.63) is 48.0 Å². The number of anilines is 1. The van der Waals surface area contributed by atoms with Crippen LogP contribution in [0.25, 0.3) is 22.2 Å². The maximum absolute atomic E-state index is 12.3. The van der Waals surface area contributed by atoms with Gasteiger partial charge in [0.25, 0.3) is 0 Å². The summed E-state index contributed by atoms with van der Waals surface area (Å²) in [5.74, 6) is 0.783. The average Bonchev–Trinajstić information content (AvgIpc) is 3.52. The molecule has 0 aliphatic heterocycles. The Morgan fingerprint density at radius 1 is 1.17 bits per heavy atom. The second-order valence-corrected chi connectivity index (χ2v) is 9.08. The normalized spacial score (nSPS) is 14.0. The van der Waals surface area contributed by atoms with E-state index >= 15 is 0 Å². The van der Waals surface area contributed by atoms with Gasteiger partial charge in [-0.05, 0) is 74.7 Å². The number of nitrogens with zero attached hydrogens (tertiary/aromatic N) is 2. The first-order chi connectivity index (χ1) is 14.0. The third kappa shape index (κ3) is 3.56. The van der Waals surface area contributed by atoms with Crippen LogP contribution in [0.1, 0.15) is 32.3 Å². The van der Waals surface area contributed by atoms with Gasteiger partial charge in [0.1, 0.15) is 11.8 Å². The van der Waals surface area contributed by atoms with E-state index < -0.39 is 10.0 Å². The lowest BCUT2D eigenvalue weighted by Crippen LogP contribution is -2.17. The lowest BCUT2D eigenvalue weighted by atomic mass is 10.1. The molecule has 2 aromatic carbocycles. The zero-order valence-corrected chi connectivity index (χ0v) is 17.3. The highest BCUT2D eigenvalue weighted by atomic mass is 32.2. The zero-order chi connectivity index (χ0) is 20.6. The fraction of sp³-hybridized carbons (Fsp3) is 0.318. The Kier molecular flexibility index (Phi) is 4.97. The molecule has 0 bridgehead atoms. The monoisotopic (exact) mass is 409 g/mol. The molecule has 6 nitrogen and oxygen atoms in total. The largest absolute Gasteiger partial charge is 0.494 e. The predicted octanol–water partition coefficient (Wildman–Crippen LogP) is 4.50. The van der Waals surface area contributed by atoms with E-state index in [1.165, 1.54) is 0 Å². The van der Waals surface area contributed by atoms with Crippen molar-refractivity contribution in [2.45, 2.75) is 38.5 Å². The molecule has 1 heterocycles. The number of hydrogen-bond donors (Lipinski definition) is 1. The van der Waals surface area contributed by atoms with Crippen molar-refractivity contribution < 1.29 is 13.2 Å². The quantitative estimate of drug-likeness (QED) is 0.623. The molecule has 1 aliphatic carbocycles. The predicted molar refractivity (Wildman–Crippen MR) is 114 cm³/mol. The summed E-state index contributed by atoms with van der Waals surface area (Å²) in [6.07, 6.45) is 1.42. The van der Waals surface area contributed by atoms with Crippen molar-refractivity contribution in [2.75, 3.05) is 11.3 Å². The first kappa shape index (κ1) is 19.3. The molecule has 1 aromatic heterocycles. The van der Waals surface area contributed by atoms with Crippen LogP contribution >= 0.6 is 0 Å². The van der Waals surface area contributed by atoms with Gasteiger partial charge < -0.3 is 9.30 Å². The van der Waals surface area contributed by atoms with Gasteiger partial charge in [-0.3, -0.25) is 4.72 Å². The van der Waals surface area contributed by atoms with Gasteiger partial charge in [-0.1, -0.05) is 0 Å². The van der Waals surface area contributed by atoms with Crippen LogP contribution in [0.5, 0.6) is 5.75 Å². The van der Waals surface area contributed by atoms with Gasteiger partial charge in [0.15, 0.2) is 0 Å². The third-order valence-corrected chi connectivity index (χ3v) is 7.02. The summed E-state index contributed by atoms with van der Waals surface area (Å²) in [7, 11) is -3.34. The highest BCUT2D eigenvalue weighted by Gasteiger charge is 2.35. The van der Waals surface area contributed by atoms with Crippen molar-refractivity contribution in [2.24, 2.45) is 0 Å². The first-order valence-electron chi connectivity index (χ1n) is 9.79. The highest BCUT2D eigenvalue weighted by Crippen LogP contribution is 2.36. The summed E-state index contributed by atoms with van der Waals surface area (Å²) in [6.45, 7) is 5.20. The van der Waals surface area contributed by atoms with Crippen LogP contribution in [0.2, 0.25) is 0 Å². The molecule has 0 radical (unpaired) electrons. The van der Waals surface area contributed by atoms with Gasteiger partial charge in [0.05, 0.1) is 34.3 Å². The lowest BCUT2D eigenvalue weighted by Gasteiger charge is -2.11. The van der Waals surface area contributed by atoms with Crippen molar-refractivity contribution >= 4 is 26.6 Å². The fourth-order valence-electron chi connectivity index (χ4n) is 3.66. The number of rotatable bonds is 7. The van der Waals surface area contributed by atoms with Gasteiger partial charge >= 0.3 is 0 Å². The number of sulfonamides is 1. The number of nitriles is 1. The van der Waals surface area contributed by atoms with Gasteiger partial charge in [0.2, 0.25) is 10.0 Å². The Balaban J connectivity index is 1.83. The second kappa shape index (κ2) is 7.45. The number of aryl methyl sites for hydroxylation is 1. The summed E-state index contributed by atoms with van der Waals surface area (Å²) in [5.41, 5.74) is 3.70. The topological polar surface area (TPSA) is 84.1 Å². The zero-order valence-electron chi connectivity index (χ0n) is 16.5. The van der Waals surface area contributed by atoms with E-state index in [-0.39, 0.29) is 5.25 Å². The Bertz CT molecular complexity index is 1200. The molecule has 29 heavy (non-hydrogen) atoms. The lowest BCUT2D eigenvalue weighted by molar-refractivity contribution is 0.340. The molecule has 1 saturated carbocycles. The van der Waals surface area contributed by atoms with Gasteiger partial charge in [0, 0.05) is 11.9 Å². The molecule has 1 aliphatic rings. The molecular formula is C22H23N3O3S. The van der Waals surface area contributed by atoms with Gasteiger partial charge in [-0.15, -0.1) is 0 Å². The van der Waals surface area contributed by atoms with E-state index in [1.807, 2.05) is 50.2 Å². The molecule has 0 saturated heterocycles. The van der Waals surface area contributed by atoms with E-state index in [1.54, 1.807) is 6.07 Å². The molecule has 3 aromatic rings. The maximum Gasteiger partial charge on any atom is 0.235 e. The van der Waals surface area contributed by atoms with Crippen LogP contribution in [0.3, 0.4) is 0 Å². The Morgan fingerprint density at radius 2 is 1.90 bits per heavy atom. The number of hydrogen-bond acceptors (Lipinski definition) is 4. The molecule has 0 spiro atoms. The molecule has 1 fully saturated rings. The van der Waals surface area contributed by atoms with E-state index in [0.717, 1.165) is 27.9 Å². The van der Waals surface area contributed by atoms with Crippen molar-refractivity contribution in [1.82, 2.24) is 4.57 Å². The first-order valence-corrected chi connectivity index (χ1v) is 11.3. The number of ether oxygens (including phenoxy) is 1. The minimum absolute atomic E-state index is 0.287. The van der Waals surface area contributed by atoms with E-state index in [2.05, 4.69) is 15.4 Å². The molecule has 1 N–H and O–H groups in total. The molecule has 4 rings (SSSR count). The second-order valence-electron chi connectivity index (χ2n) is 7.12. The van der Waals surface area contributed by atoms with Gasteiger partial charge in [-0.25, -0.2) is 8.42 Å². The Morgan fingerprint density at radius 3 is 2.48 bits per heavy atom. The van der Waals surface area contributed by atoms with Crippen LogP contribution in [-0.4, -0.2) is 24.8 Å². The summed E-state index contributed by atoms with van der Waals surface area (Å²) < 4.78 is 34.9. The number of fused-ring (bicyclic) bond motifs is 1. The molecule has 0 unspecified atom stereocenters. The van der Waals surface area contributed by atoms with Crippen LogP contribution in [0, 0.1) is 11.3 Å². The van der Waals surface area contributed by atoms with Crippen LogP contribution in [-0.2, 0) is 16.6 Å².